The highest BCUT2D eigenvalue weighted by Gasteiger charge is 2.28. The van der Waals surface area contributed by atoms with Gasteiger partial charge in [-0.3, -0.25) is 0 Å². The minimum Gasteiger partial charge on any atom is -0.419 e. The molecule has 0 amide bonds. The van der Waals surface area contributed by atoms with Gasteiger partial charge >= 0.3 is 0 Å². The number of hydrogen-bond donors (Lipinski definition) is 0. The quantitative estimate of drug-likeness (QED) is 0.397. The van der Waals surface area contributed by atoms with Crippen LogP contribution in [0.3, 0.4) is 0 Å². The van der Waals surface area contributed by atoms with Crippen molar-refractivity contribution in [1.82, 2.24) is 9.29 Å². The third-order valence-corrected chi connectivity index (χ3v) is 8.02. The third-order valence-electron chi connectivity index (χ3n) is 6.16. The van der Waals surface area contributed by atoms with E-state index in [1.165, 1.54) is 9.87 Å². The van der Waals surface area contributed by atoms with E-state index in [-0.39, 0.29) is 16.5 Å². The molecule has 1 aliphatic heterocycles. The highest BCUT2D eigenvalue weighted by molar-refractivity contribution is 7.89. The second-order valence-corrected chi connectivity index (χ2v) is 10.4. The van der Waals surface area contributed by atoms with Crippen molar-refractivity contribution >= 4 is 15.9 Å². The molecule has 2 heterocycles. The number of sulfonamides is 1. The molecular weight excluding hydrogens is 460 g/mol. The molecule has 0 radical (unpaired) electrons. The summed E-state index contributed by atoms with van der Waals surface area (Å²) in [5.41, 5.74) is 4.09. The Balaban J connectivity index is 1.37. The van der Waals surface area contributed by atoms with Crippen LogP contribution in [0.4, 0.5) is 5.88 Å². The zero-order valence-electron chi connectivity index (χ0n) is 19.3. The van der Waals surface area contributed by atoms with E-state index in [0.717, 1.165) is 11.1 Å². The lowest BCUT2D eigenvalue weighted by Gasteiger charge is -2.28. The van der Waals surface area contributed by atoms with Crippen molar-refractivity contribution in [3.63, 3.8) is 0 Å². The monoisotopic (exact) mass is 484 g/mol. The molecule has 0 saturated carbocycles. The van der Waals surface area contributed by atoms with Crippen LogP contribution in [-0.4, -0.2) is 31.3 Å². The van der Waals surface area contributed by atoms with Crippen molar-refractivity contribution in [3.05, 3.63) is 101 Å². The Morgan fingerprint density at radius 2 is 1.69 bits per heavy atom. The first kappa shape index (κ1) is 22.8. The highest BCUT2D eigenvalue weighted by Crippen LogP contribution is 2.30. The van der Waals surface area contributed by atoms with Crippen LogP contribution in [0.2, 0.25) is 0 Å². The van der Waals surface area contributed by atoms with E-state index in [2.05, 4.69) is 11.1 Å². The van der Waals surface area contributed by atoms with Crippen LogP contribution in [-0.2, 0) is 29.5 Å². The van der Waals surface area contributed by atoms with Crippen molar-refractivity contribution in [2.45, 2.75) is 24.4 Å². The maximum absolute atomic E-state index is 13.2. The minimum absolute atomic E-state index is 0.183. The van der Waals surface area contributed by atoms with Crippen LogP contribution in [0.5, 0.6) is 0 Å². The van der Waals surface area contributed by atoms with E-state index in [0.29, 0.717) is 37.5 Å². The Morgan fingerprint density at radius 3 is 2.40 bits per heavy atom. The first-order chi connectivity index (χ1) is 17.0. The van der Waals surface area contributed by atoms with Gasteiger partial charge in [0.2, 0.25) is 27.5 Å². The molecule has 0 unspecified atom stereocenters. The van der Waals surface area contributed by atoms with E-state index in [4.69, 9.17) is 4.42 Å². The number of anilines is 1. The molecule has 0 aliphatic carbocycles. The Kier molecular flexibility index (Phi) is 6.12. The second kappa shape index (κ2) is 9.37. The van der Waals surface area contributed by atoms with Crippen LogP contribution in [0, 0.1) is 11.3 Å². The molecule has 0 fully saturated rings. The van der Waals surface area contributed by atoms with E-state index >= 15 is 0 Å². The summed E-state index contributed by atoms with van der Waals surface area (Å²) in [6.45, 7) is 1.37. The molecule has 3 aromatic carbocycles. The van der Waals surface area contributed by atoms with Crippen molar-refractivity contribution in [3.8, 4) is 17.5 Å². The van der Waals surface area contributed by atoms with Crippen molar-refractivity contribution in [2.24, 2.45) is 0 Å². The molecule has 8 heteroatoms. The van der Waals surface area contributed by atoms with Gasteiger partial charge in [0, 0.05) is 32.2 Å². The SMILES string of the molecule is CN(Cc1ccccc1)c1oc(-c2ccc(S(=O)(=O)N3CCc4ccccc4C3)cc2)nc1C#N. The fraction of sp³-hybridized carbons (Fsp3) is 0.185. The number of oxazole rings is 1. The first-order valence-electron chi connectivity index (χ1n) is 11.3. The number of rotatable bonds is 6. The van der Waals surface area contributed by atoms with Crippen molar-refractivity contribution in [1.29, 1.82) is 5.26 Å². The summed E-state index contributed by atoms with van der Waals surface area (Å²) >= 11 is 0. The maximum Gasteiger partial charge on any atom is 0.243 e. The highest BCUT2D eigenvalue weighted by atomic mass is 32.2. The molecule has 5 rings (SSSR count). The van der Waals surface area contributed by atoms with Gasteiger partial charge in [-0.2, -0.15) is 14.6 Å². The maximum atomic E-state index is 13.2. The van der Waals surface area contributed by atoms with Gasteiger partial charge in [-0.1, -0.05) is 54.6 Å². The van der Waals surface area contributed by atoms with Gasteiger partial charge in [0.1, 0.15) is 6.07 Å². The van der Waals surface area contributed by atoms with Crippen LogP contribution >= 0.6 is 0 Å². The second-order valence-electron chi connectivity index (χ2n) is 8.51. The smallest absolute Gasteiger partial charge is 0.243 e. The first-order valence-corrected chi connectivity index (χ1v) is 12.7. The molecule has 0 bridgehead atoms. The van der Waals surface area contributed by atoms with Gasteiger partial charge in [0.05, 0.1) is 4.90 Å². The molecule has 0 spiro atoms. The summed E-state index contributed by atoms with van der Waals surface area (Å²) in [5.74, 6) is 0.641. The van der Waals surface area contributed by atoms with Crippen LogP contribution in [0.25, 0.3) is 11.5 Å². The molecule has 35 heavy (non-hydrogen) atoms. The van der Waals surface area contributed by atoms with Crippen LogP contribution in [0.1, 0.15) is 22.4 Å². The topological polar surface area (TPSA) is 90.4 Å². The summed E-state index contributed by atoms with van der Waals surface area (Å²) in [6.07, 6.45) is 0.694. The molecule has 4 aromatic rings. The summed E-state index contributed by atoms with van der Waals surface area (Å²) in [6, 6.07) is 26.3. The predicted octanol–water partition coefficient (Wildman–Crippen LogP) is 4.60. The molecule has 0 atom stereocenters. The number of aromatic nitrogens is 1. The number of benzene rings is 3. The summed E-state index contributed by atoms with van der Waals surface area (Å²) in [7, 11) is -1.80. The normalized spacial score (nSPS) is 13.7. The van der Waals surface area contributed by atoms with Crippen molar-refractivity contribution < 1.29 is 12.8 Å². The van der Waals surface area contributed by atoms with Gasteiger partial charge in [0.25, 0.3) is 0 Å². The van der Waals surface area contributed by atoms with Gasteiger partial charge in [-0.25, -0.2) is 8.42 Å². The molecule has 0 N–H and O–H groups in total. The lowest BCUT2D eigenvalue weighted by Crippen LogP contribution is -2.35. The molecule has 176 valence electrons. The summed E-state index contributed by atoms with van der Waals surface area (Å²) in [4.78, 5) is 6.39. The minimum atomic E-state index is -3.64. The largest absolute Gasteiger partial charge is 0.419 e. The molecule has 1 aliphatic rings. The van der Waals surface area contributed by atoms with Gasteiger partial charge in [0.15, 0.2) is 0 Å². The molecule has 0 saturated heterocycles. The van der Waals surface area contributed by atoms with Crippen molar-refractivity contribution in [2.75, 3.05) is 18.5 Å². The summed E-state index contributed by atoms with van der Waals surface area (Å²) in [5, 5.41) is 9.57. The zero-order valence-corrected chi connectivity index (χ0v) is 20.1. The van der Waals surface area contributed by atoms with E-state index in [9.17, 15) is 13.7 Å². The Bertz CT molecular complexity index is 1490. The van der Waals surface area contributed by atoms with Gasteiger partial charge in [-0.15, -0.1) is 0 Å². The Morgan fingerprint density at radius 1 is 1.00 bits per heavy atom. The number of nitriles is 1. The van der Waals surface area contributed by atoms with Gasteiger partial charge < -0.3 is 9.32 Å². The predicted molar refractivity (Wildman–Crippen MR) is 133 cm³/mol. The number of nitrogens with zero attached hydrogens (tertiary/aromatic N) is 4. The fourth-order valence-corrected chi connectivity index (χ4v) is 5.71. The lowest BCUT2D eigenvalue weighted by molar-refractivity contribution is 0.391. The Hall–Kier alpha value is -3.93. The average Bonchev–Trinajstić information content (AvgIpc) is 3.34. The van der Waals surface area contributed by atoms with Gasteiger partial charge in [-0.05, 0) is 47.4 Å². The molecular formula is C27H24N4O3S. The van der Waals surface area contributed by atoms with E-state index in [1.54, 1.807) is 24.3 Å². The fourth-order valence-electron chi connectivity index (χ4n) is 4.29. The van der Waals surface area contributed by atoms with E-state index in [1.807, 2.05) is 66.5 Å². The number of hydrogen-bond acceptors (Lipinski definition) is 6. The Labute approximate surface area is 204 Å². The number of fused-ring (bicyclic) bond motifs is 1. The third kappa shape index (κ3) is 4.56. The standard InChI is InChI=1S/C27H24N4O3S/c1-30(18-20-7-3-2-4-8-20)27-25(17-28)29-26(34-27)22-11-13-24(14-12-22)35(32,33)31-16-15-21-9-5-6-10-23(21)19-31/h2-14H,15-16,18-19H2,1H3. The average molecular weight is 485 g/mol. The van der Waals surface area contributed by atoms with Crippen LogP contribution in [0.15, 0.2) is 88.2 Å². The lowest BCUT2D eigenvalue weighted by atomic mass is 10.0. The van der Waals surface area contributed by atoms with E-state index < -0.39 is 10.0 Å². The van der Waals surface area contributed by atoms with Crippen LogP contribution < -0.4 is 4.90 Å². The summed E-state index contributed by atoms with van der Waals surface area (Å²) < 4.78 is 34.0. The zero-order chi connectivity index (χ0) is 24.4. The molecule has 7 nitrogen and oxygen atoms in total. The molecule has 1 aromatic heterocycles.